The average molecular weight is 434 g/mol. The molecule has 6 heteroatoms. The molecule has 0 amide bonds. The van der Waals surface area contributed by atoms with Crippen molar-refractivity contribution in [1.29, 1.82) is 0 Å². The number of hydrogen-bond donors (Lipinski definition) is 0. The van der Waals surface area contributed by atoms with Crippen LogP contribution in [-0.4, -0.2) is 64.0 Å². The maximum absolute atomic E-state index is 5.49. The quantitative estimate of drug-likeness (QED) is 0.512. The van der Waals surface area contributed by atoms with E-state index in [4.69, 9.17) is 9.84 Å². The van der Waals surface area contributed by atoms with Gasteiger partial charge >= 0.3 is 0 Å². The maximum Gasteiger partial charge on any atom is 0.0678 e. The van der Waals surface area contributed by atoms with E-state index >= 15 is 0 Å². The van der Waals surface area contributed by atoms with Gasteiger partial charge in [0.05, 0.1) is 24.6 Å². The summed E-state index contributed by atoms with van der Waals surface area (Å²) in [4.78, 5) is 9.37. The molecule has 3 aromatic rings. The molecule has 0 atom stereocenters. The summed E-state index contributed by atoms with van der Waals surface area (Å²) in [6, 6.07) is 12.6. The molecular weight excluding hydrogens is 398 g/mol. The van der Waals surface area contributed by atoms with E-state index in [0.717, 1.165) is 70.3 Å². The molecule has 170 valence electrons. The fourth-order valence-corrected chi connectivity index (χ4v) is 4.47. The van der Waals surface area contributed by atoms with Crippen LogP contribution in [0.1, 0.15) is 34.5 Å². The SMILES string of the molecule is Cc1ccccc1-n1nc(C)c(CN(CCCN2CCOCC2)Cc2cccnc2)c1C. The minimum atomic E-state index is 0.857. The molecule has 0 bridgehead atoms. The molecule has 2 aromatic heterocycles. The lowest BCUT2D eigenvalue weighted by molar-refractivity contribution is 0.0358. The number of morpholine rings is 1. The largest absolute Gasteiger partial charge is 0.379 e. The van der Waals surface area contributed by atoms with Crippen LogP contribution in [0.5, 0.6) is 0 Å². The van der Waals surface area contributed by atoms with Crippen LogP contribution in [0, 0.1) is 20.8 Å². The van der Waals surface area contributed by atoms with Crippen molar-refractivity contribution < 1.29 is 4.74 Å². The Hall–Kier alpha value is -2.54. The van der Waals surface area contributed by atoms with Crippen LogP contribution in [0.25, 0.3) is 5.69 Å². The molecule has 6 nitrogen and oxygen atoms in total. The van der Waals surface area contributed by atoms with E-state index < -0.39 is 0 Å². The molecule has 0 radical (unpaired) electrons. The van der Waals surface area contributed by atoms with Crippen molar-refractivity contribution in [2.24, 2.45) is 0 Å². The first kappa shape index (κ1) is 22.6. The fraction of sp³-hybridized carbons (Fsp3) is 0.462. The summed E-state index contributed by atoms with van der Waals surface area (Å²) in [5.41, 5.74) is 7.30. The van der Waals surface area contributed by atoms with Crippen molar-refractivity contribution in [3.8, 4) is 5.69 Å². The minimum absolute atomic E-state index is 0.857. The summed E-state index contributed by atoms with van der Waals surface area (Å²) in [7, 11) is 0. The van der Waals surface area contributed by atoms with Gasteiger partial charge in [-0.05, 0) is 57.0 Å². The van der Waals surface area contributed by atoms with Crippen LogP contribution in [0.4, 0.5) is 0 Å². The number of rotatable bonds is 9. The van der Waals surface area contributed by atoms with Gasteiger partial charge in [-0.25, -0.2) is 4.68 Å². The highest BCUT2D eigenvalue weighted by Gasteiger charge is 2.18. The topological polar surface area (TPSA) is 46.4 Å². The number of aryl methyl sites for hydroxylation is 2. The molecule has 0 saturated carbocycles. The van der Waals surface area contributed by atoms with Crippen molar-refractivity contribution in [3.05, 3.63) is 76.9 Å². The Morgan fingerprint density at radius 3 is 2.56 bits per heavy atom. The first-order valence-corrected chi connectivity index (χ1v) is 11.6. The van der Waals surface area contributed by atoms with E-state index in [2.05, 4.69) is 70.6 Å². The molecule has 1 fully saturated rings. The molecule has 1 aromatic carbocycles. The zero-order valence-electron chi connectivity index (χ0n) is 19.6. The Morgan fingerprint density at radius 1 is 1.00 bits per heavy atom. The summed E-state index contributed by atoms with van der Waals surface area (Å²) >= 11 is 0. The number of hydrogen-bond acceptors (Lipinski definition) is 5. The highest BCUT2D eigenvalue weighted by molar-refractivity contribution is 5.42. The lowest BCUT2D eigenvalue weighted by Gasteiger charge is -2.28. The second-order valence-electron chi connectivity index (χ2n) is 8.73. The summed E-state index contributed by atoms with van der Waals surface area (Å²) in [6.45, 7) is 14.2. The molecule has 1 aliphatic rings. The molecule has 1 saturated heterocycles. The number of ether oxygens (including phenoxy) is 1. The van der Waals surface area contributed by atoms with Gasteiger partial charge in [0.15, 0.2) is 0 Å². The molecular formula is C26H35N5O. The minimum Gasteiger partial charge on any atom is -0.379 e. The van der Waals surface area contributed by atoms with Crippen molar-refractivity contribution in [2.45, 2.75) is 40.3 Å². The van der Waals surface area contributed by atoms with Crippen LogP contribution in [0.3, 0.4) is 0 Å². The number of benzene rings is 1. The van der Waals surface area contributed by atoms with Crippen LogP contribution >= 0.6 is 0 Å². The van der Waals surface area contributed by atoms with Gasteiger partial charge in [0.2, 0.25) is 0 Å². The second-order valence-corrected chi connectivity index (χ2v) is 8.73. The Labute approximate surface area is 191 Å². The monoisotopic (exact) mass is 433 g/mol. The summed E-state index contributed by atoms with van der Waals surface area (Å²) in [5, 5.41) is 4.91. The van der Waals surface area contributed by atoms with Gasteiger partial charge in [-0.1, -0.05) is 24.3 Å². The van der Waals surface area contributed by atoms with Crippen LogP contribution in [-0.2, 0) is 17.8 Å². The zero-order chi connectivity index (χ0) is 22.3. The predicted molar refractivity (Wildman–Crippen MR) is 128 cm³/mol. The number of para-hydroxylation sites is 1. The molecule has 32 heavy (non-hydrogen) atoms. The van der Waals surface area contributed by atoms with E-state index in [-0.39, 0.29) is 0 Å². The smallest absolute Gasteiger partial charge is 0.0678 e. The highest BCUT2D eigenvalue weighted by Crippen LogP contribution is 2.22. The summed E-state index contributed by atoms with van der Waals surface area (Å²) in [6.07, 6.45) is 4.96. The van der Waals surface area contributed by atoms with Gasteiger partial charge in [-0.3, -0.25) is 14.8 Å². The highest BCUT2D eigenvalue weighted by atomic mass is 16.5. The number of aromatic nitrogens is 3. The second kappa shape index (κ2) is 10.9. The van der Waals surface area contributed by atoms with E-state index in [1.165, 1.54) is 22.4 Å². The average Bonchev–Trinajstić information content (AvgIpc) is 3.09. The van der Waals surface area contributed by atoms with E-state index in [9.17, 15) is 0 Å². The van der Waals surface area contributed by atoms with Crippen molar-refractivity contribution in [2.75, 3.05) is 39.4 Å². The first-order chi connectivity index (χ1) is 15.6. The van der Waals surface area contributed by atoms with E-state index in [0.29, 0.717) is 0 Å². The van der Waals surface area contributed by atoms with E-state index in [1.54, 1.807) is 0 Å². The zero-order valence-corrected chi connectivity index (χ0v) is 19.6. The third-order valence-corrected chi connectivity index (χ3v) is 6.35. The van der Waals surface area contributed by atoms with Gasteiger partial charge in [0.25, 0.3) is 0 Å². The first-order valence-electron chi connectivity index (χ1n) is 11.6. The van der Waals surface area contributed by atoms with Crippen LogP contribution in [0.15, 0.2) is 48.8 Å². The van der Waals surface area contributed by atoms with Crippen molar-refractivity contribution in [1.82, 2.24) is 24.6 Å². The maximum atomic E-state index is 5.49. The van der Waals surface area contributed by atoms with Gasteiger partial charge in [0, 0.05) is 56.4 Å². The molecule has 0 aliphatic carbocycles. The predicted octanol–water partition coefficient (Wildman–Crippen LogP) is 3.92. The number of pyridine rings is 1. The van der Waals surface area contributed by atoms with E-state index in [1.807, 2.05) is 18.5 Å². The normalized spacial score (nSPS) is 14.9. The lowest BCUT2D eigenvalue weighted by atomic mass is 10.1. The molecule has 0 N–H and O–H groups in total. The Bertz CT molecular complexity index is 995. The molecule has 1 aliphatic heterocycles. The summed E-state index contributed by atoms with van der Waals surface area (Å²) in [5.74, 6) is 0. The molecule has 4 rings (SSSR count). The molecule has 0 unspecified atom stereocenters. The van der Waals surface area contributed by atoms with Gasteiger partial charge in [0.1, 0.15) is 0 Å². The molecule has 3 heterocycles. The van der Waals surface area contributed by atoms with Crippen molar-refractivity contribution in [3.63, 3.8) is 0 Å². The van der Waals surface area contributed by atoms with Gasteiger partial charge in [-0.15, -0.1) is 0 Å². The van der Waals surface area contributed by atoms with Gasteiger partial charge in [-0.2, -0.15) is 5.10 Å². The number of nitrogens with zero attached hydrogens (tertiary/aromatic N) is 5. The summed E-state index contributed by atoms with van der Waals surface area (Å²) < 4.78 is 7.60. The Morgan fingerprint density at radius 2 is 1.81 bits per heavy atom. The fourth-order valence-electron chi connectivity index (χ4n) is 4.47. The Balaban J connectivity index is 1.50. The van der Waals surface area contributed by atoms with Crippen LogP contribution < -0.4 is 0 Å². The Kier molecular flexibility index (Phi) is 7.68. The lowest BCUT2D eigenvalue weighted by Crippen LogP contribution is -2.38. The van der Waals surface area contributed by atoms with Gasteiger partial charge < -0.3 is 4.74 Å². The third-order valence-electron chi connectivity index (χ3n) is 6.35. The molecule has 0 spiro atoms. The van der Waals surface area contributed by atoms with Crippen LogP contribution in [0.2, 0.25) is 0 Å². The third kappa shape index (κ3) is 5.63. The van der Waals surface area contributed by atoms with Crippen molar-refractivity contribution >= 4 is 0 Å². The standard InChI is InChI=1S/C26H35N5O/c1-21-8-4-5-10-26(21)31-23(3)25(22(2)28-31)20-30(19-24-9-6-11-27-18-24)13-7-12-29-14-16-32-17-15-29/h4-6,8-11,18H,7,12-17,19-20H2,1-3H3.